The van der Waals surface area contributed by atoms with Crippen molar-refractivity contribution in [1.29, 1.82) is 0 Å². The van der Waals surface area contributed by atoms with Gasteiger partial charge < -0.3 is 4.90 Å². The zero-order chi connectivity index (χ0) is 19.8. The van der Waals surface area contributed by atoms with Crippen molar-refractivity contribution < 1.29 is 4.79 Å². The second kappa shape index (κ2) is 7.22. The molecule has 0 radical (unpaired) electrons. The molecule has 0 N–H and O–H groups in total. The molecule has 0 unspecified atom stereocenters. The van der Waals surface area contributed by atoms with Crippen LogP contribution >= 0.6 is 0 Å². The molecular formula is C21H25N5O2. The Morgan fingerprint density at radius 3 is 2.75 bits per heavy atom. The van der Waals surface area contributed by atoms with Crippen LogP contribution in [0.4, 0.5) is 0 Å². The van der Waals surface area contributed by atoms with Crippen molar-refractivity contribution in [2.75, 3.05) is 6.54 Å². The molecule has 1 saturated heterocycles. The first-order chi connectivity index (χ1) is 13.5. The van der Waals surface area contributed by atoms with Crippen molar-refractivity contribution in [2.45, 2.75) is 39.3 Å². The van der Waals surface area contributed by atoms with Crippen LogP contribution in [0.25, 0.3) is 11.0 Å². The third-order valence-corrected chi connectivity index (χ3v) is 5.70. The van der Waals surface area contributed by atoms with Crippen LogP contribution in [-0.2, 0) is 18.4 Å². The highest BCUT2D eigenvalue weighted by Crippen LogP contribution is 2.36. The van der Waals surface area contributed by atoms with E-state index in [1.807, 2.05) is 4.90 Å². The molecule has 2 aromatic heterocycles. The summed E-state index contributed by atoms with van der Waals surface area (Å²) in [5, 5.41) is 4.51. The van der Waals surface area contributed by atoms with Crippen LogP contribution < -0.4 is 5.56 Å². The fourth-order valence-corrected chi connectivity index (χ4v) is 4.16. The summed E-state index contributed by atoms with van der Waals surface area (Å²) >= 11 is 0. The van der Waals surface area contributed by atoms with E-state index >= 15 is 0 Å². The highest BCUT2D eigenvalue weighted by molar-refractivity contribution is 5.78. The quantitative estimate of drug-likeness (QED) is 0.701. The van der Waals surface area contributed by atoms with Gasteiger partial charge in [0, 0.05) is 13.6 Å². The number of hydrogen-bond donors (Lipinski definition) is 0. The highest BCUT2D eigenvalue weighted by Gasteiger charge is 2.33. The number of hydrogen-bond acceptors (Lipinski definition) is 4. The second-order valence-corrected chi connectivity index (χ2v) is 7.75. The summed E-state index contributed by atoms with van der Waals surface area (Å²) in [6.07, 6.45) is 5.01. The molecule has 1 aliphatic heterocycles. The summed E-state index contributed by atoms with van der Waals surface area (Å²) in [5.74, 6) is 0.320. The van der Waals surface area contributed by atoms with E-state index in [1.54, 1.807) is 11.7 Å². The van der Waals surface area contributed by atoms with Gasteiger partial charge >= 0.3 is 0 Å². The van der Waals surface area contributed by atoms with E-state index in [0.29, 0.717) is 23.5 Å². The predicted octanol–water partition coefficient (Wildman–Crippen LogP) is 2.44. The minimum Gasteiger partial charge on any atom is -0.334 e. The van der Waals surface area contributed by atoms with Gasteiger partial charge in [-0.25, -0.2) is 4.98 Å². The Kier molecular flexibility index (Phi) is 4.75. The van der Waals surface area contributed by atoms with Crippen molar-refractivity contribution in [3.63, 3.8) is 0 Å². The van der Waals surface area contributed by atoms with Gasteiger partial charge in [-0.2, -0.15) is 5.10 Å². The molecule has 7 heteroatoms. The molecule has 146 valence electrons. The van der Waals surface area contributed by atoms with Crippen molar-refractivity contribution in [3.05, 3.63) is 58.3 Å². The van der Waals surface area contributed by atoms with E-state index in [9.17, 15) is 9.59 Å². The first kappa shape index (κ1) is 18.4. The number of nitrogens with zero attached hydrogens (tertiary/aromatic N) is 5. The number of carbonyl (C=O) groups is 1. The molecule has 0 bridgehead atoms. The zero-order valence-corrected chi connectivity index (χ0v) is 16.5. The maximum Gasteiger partial charge on any atom is 0.264 e. The van der Waals surface area contributed by atoms with Crippen LogP contribution in [0.1, 0.15) is 36.9 Å². The minimum atomic E-state index is -0.233. The normalized spacial score (nSPS) is 19.9. The largest absolute Gasteiger partial charge is 0.334 e. The maximum atomic E-state index is 13.2. The Bertz CT molecular complexity index is 1070. The van der Waals surface area contributed by atoms with Gasteiger partial charge in [-0.05, 0) is 31.2 Å². The molecule has 4 rings (SSSR count). The smallest absolute Gasteiger partial charge is 0.264 e. The van der Waals surface area contributed by atoms with Gasteiger partial charge in [0.15, 0.2) is 5.65 Å². The lowest BCUT2D eigenvalue weighted by Gasteiger charge is -2.40. The number of aryl methyl sites for hydroxylation is 2. The van der Waals surface area contributed by atoms with Crippen LogP contribution in [0.2, 0.25) is 0 Å². The van der Waals surface area contributed by atoms with Gasteiger partial charge in [0.1, 0.15) is 18.3 Å². The summed E-state index contributed by atoms with van der Waals surface area (Å²) in [4.78, 5) is 32.1. The van der Waals surface area contributed by atoms with Crippen LogP contribution in [-0.4, -0.2) is 36.7 Å². The average molecular weight is 379 g/mol. The first-order valence-corrected chi connectivity index (χ1v) is 9.69. The van der Waals surface area contributed by atoms with Gasteiger partial charge in [-0.15, -0.1) is 0 Å². The number of rotatable bonds is 3. The van der Waals surface area contributed by atoms with E-state index in [0.717, 1.165) is 18.4 Å². The molecule has 1 amide bonds. The Morgan fingerprint density at radius 2 is 2.00 bits per heavy atom. The maximum absolute atomic E-state index is 13.2. The third-order valence-electron chi connectivity index (χ3n) is 5.70. The number of likely N-dealkylation sites (tertiary alicyclic amines) is 1. The molecule has 0 saturated carbocycles. The molecule has 0 aliphatic carbocycles. The van der Waals surface area contributed by atoms with Crippen molar-refractivity contribution in [2.24, 2.45) is 13.0 Å². The average Bonchev–Trinajstić information content (AvgIpc) is 3.06. The number of benzene rings is 1. The van der Waals surface area contributed by atoms with Gasteiger partial charge in [-0.1, -0.05) is 36.8 Å². The third kappa shape index (κ3) is 3.21. The molecule has 1 fully saturated rings. The standard InChI is InChI=1S/C21H25N5O2/c1-14-6-8-16(9-7-14)19-15(2)5-4-10-26(19)18(27)12-25-13-22-20-17(21(25)28)11-23-24(20)3/h6-9,11,13,15,19H,4-5,10,12H2,1-3H3/t15-,19+/m1/s1. The molecule has 7 nitrogen and oxygen atoms in total. The molecule has 0 spiro atoms. The summed E-state index contributed by atoms with van der Waals surface area (Å²) in [5.41, 5.74) is 2.65. The van der Waals surface area contributed by atoms with E-state index < -0.39 is 0 Å². The van der Waals surface area contributed by atoms with Crippen LogP contribution in [0.15, 0.2) is 41.6 Å². The monoisotopic (exact) mass is 379 g/mol. The molecule has 2 atom stereocenters. The number of carbonyl (C=O) groups excluding carboxylic acids is 1. The molecule has 28 heavy (non-hydrogen) atoms. The summed E-state index contributed by atoms with van der Waals surface area (Å²) in [7, 11) is 1.74. The topological polar surface area (TPSA) is 73.0 Å². The number of piperidine rings is 1. The Labute approximate surface area is 163 Å². The fourth-order valence-electron chi connectivity index (χ4n) is 4.16. The Balaban J connectivity index is 1.63. The van der Waals surface area contributed by atoms with Crippen molar-refractivity contribution in [3.8, 4) is 0 Å². The Morgan fingerprint density at radius 1 is 1.25 bits per heavy atom. The van der Waals surface area contributed by atoms with E-state index in [1.165, 1.54) is 22.7 Å². The number of amides is 1. The summed E-state index contributed by atoms with van der Waals surface area (Å²) < 4.78 is 2.94. The van der Waals surface area contributed by atoms with E-state index in [4.69, 9.17) is 0 Å². The SMILES string of the molecule is Cc1ccc([C@@H]2[C@H](C)CCCN2C(=O)Cn2cnc3c(cnn3C)c2=O)cc1. The van der Waals surface area contributed by atoms with Gasteiger partial charge in [0.2, 0.25) is 5.91 Å². The minimum absolute atomic E-state index is 0.00819. The van der Waals surface area contributed by atoms with Crippen LogP contribution in [0, 0.1) is 12.8 Å². The van der Waals surface area contributed by atoms with Crippen LogP contribution in [0.5, 0.6) is 0 Å². The van der Waals surface area contributed by atoms with E-state index in [2.05, 4.69) is 48.2 Å². The lowest BCUT2D eigenvalue weighted by atomic mass is 9.85. The van der Waals surface area contributed by atoms with Gasteiger partial charge in [-0.3, -0.25) is 18.8 Å². The lowest BCUT2D eigenvalue weighted by Crippen LogP contribution is -2.44. The number of aromatic nitrogens is 4. The molecule has 3 heterocycles. The zero-order valence-electron chi connectivity index (χ0n) is 16.5. The van der Waals surface area contributed by atoms with Gasteiger partial charge in [0.05, 0.1) is 12.2 Å². The summed E-state index contributed by atoms with van der Waals surface area (Å²) in [6, 6.07) is 8.43. The number of fused-ring (bicyclic) bond motifs is 1. The molecule has 3 aromatic rings. The van der Waals surface area contributed by atoms with Crippen LogP contribution in [0.3, 0.4) is 0 Å². The first-order valence-electron chi connectivity index (χ1n) is 9.69. The highest BCUT2D eigenvalue weighted by atomic mass is 16.2. The summed E-state index contributed by atoms with van der Waals surface area (Å²) in [6.45, 7) is 4.95. The van der Waals surface area contributed by atoms with E-state index in [-0.39, 0.29) is 24.1 Å². The lowest BCUT2D eigenvalue weighted by molar-refractivity contribution is -0.137. The van der Waals surface area contributed by atoms with Crippen molar-refractivity contribution in [1.82, 2.24) is 24.2 Å². The predicted molar refractivity (Wildman–Crippen MR) is 107 cm³/mol. The fraction of sp³-hybridized carbons (Fsp3) is 0.429. The van der Waals surface area contributed by atoms with Crippen molar-refractivity contribution >= 4 is 16.9 Å². The second-order valence-electron chi connectivity index (χ2n) is 7.75. The Hall–Kier alpha value is -2.96. The van der Waals surface area contributed by atoms with Gasteiger partial charge in [0.25, 0.3) is 5.56 Å². The molecular weight excluding hydrogens is 354 g/mol. The molecule has 1 aliphatic rings. The molecule has 1 aromatic carbocycles.